The predicted octanol–water partition coefficient (Wildman–Crippen LogP) is 4.71. The number of halogens is 2. The van der Waals surface area contributed by atoms with Gasteiger partial charge < -0.3 is 10.2 Å². The van der Waals surface area contributed by atoms with Crippen LogP contribution in [0.1, 0.15) is 36.2 Å². The van der Waals surface area contributed by atoms with Crippen molar-refractivity contribution in [2.24, 2.45) is 0 Å². The van der Waals surface area contributed by atoms with Gasteiger partial charge in [-0.15, -0.1) is 0 Å². The monoisotopic (exact) mass is 418 g/mol. The number of piperazine rings is 1. The molecule has 7 heteroatoms. The minimum Gasteiger partial charge on any atom is -0.346 e. The molecule has 2 heterocycles. The van der Waals surface area contributed by atoms with E-state index in [2.05, 4.69) is 27.0 Å². The first-order valence-corrected chi connectivity index (χ1v) is 10.2. The zero-order valence-electron chi connectivity index (χ0n) is 17.4. The molecule has 0 radical (unpaired) electrons. The molecule has 2 aromatic rings. The third-order valence-electron chi connectivity index (χ3n) is 5.23. The van der Waals surface area contributed by atoms with E-state index in [1.54, 1.807) is 12.1 Å². The van der Waals surface area contributed by atoms with E-state index in [0.717, 1.165) is 55.7 Å². The van der Waals surface area contributed by atoms with E-state index in [0.29, 0.717) is 11.2 Å². The Morgan fingerprint density at radius 1 is 1.21 bits per heavy atom. The minimum atomic E-state index is -2.80. The third kappa shape index (κ3) is 5.70. The highest BCUT2D eigenvalue weighted by Crippen LogP contribution is 2.27. The molecule has 1 aliphatic rings. The van der Waals surface area contributed by atoms with Gasteiger partial charge in [-0.3, -0.25) is 4.90 Å². The summed E-state index contributed by atoms with van der Waals surface area (Å²) in [6.07, 6.45) is 0. The first kappa shape index (κ1) is 21.6. The first-order chi connectivity index (χ1) is 13.6. The number of thiocarbonyl (C=S) groups is 1. The molecular weight excluding hydrogens is 390 g/mol. The summed E-state index contributed by atoms with van der Waals surface area (Å²) in [5, 5.41) is 3.94. The van der Waals surface area contributed by atoms with Gasteiger partial charge in [-0.25, -0.2) is 13.8 Å². The molecule has 29 heavy (non-hydrogen) atoms. The molecule has 1 aromatic carbocycles. The van der Waals surface area contributed by atoms with Crippen LogP contribution in [-0.2, 0) is 12.5 Å². The summed E-state index contributed by atoms with van der Waals surface area (Å²) >= 11 is 5.60. The van der Waals surface area contributed by atoms with Crippen LogP contribution < -0.4 is 5.32 Å². The molecule has 1 N–H and O–H groups in total. The fraction of sp³-hybridized carbons (Fsp3) is 0.455. The van der Waals surface area contributed by atoms with Crippen molar-refractivity contribution in [3.05, 3.63) is 58.8 Å². The van der Waals surface area contributed by atoms with Gasteiger partial charge in [-0.1, -0.05) is 24.3 Å². The second-order valence-corrected chi connectivity index (χ2v) is 8.34. The SMILES string of the molecule is Cc1cc(C)nc(NC(=S)N2CCN(Cc3ccc(C(C)(F)F)cc3)C(C)C2)c1. The van der Waals surface area contributed by atoms with Gasteiger partial charge >= 0.3 is 0 Å². The number of hydrogen-bond acceptors (Lipinski definition) is 3. The Balaban J connectivity index is 1.56. The Morgan fingerprint density at radius 3 is 2.48 bits per heavy atom. The van der Waals surface area contributed by atoms with Crippen molar-refractivity contribution in [3.8, 4) is 0 Å². The summed E-state index contributed by atoms with van der Waals surface area (Å²) in [6, 6.07) is 10.9. The number of hydrogen-bond donors (Lipinski definition) is 1. The second kappa shape index (κ2) is 8.71. The van der Waals surface area contributed by atoms with Crippen molar-refractivity contribution < 1.29 is 8.78 Å². The average molecular weight is 419 g/mol. The van der Waals surface area contributed by atoms with Crippen LogP contribution in [0.15, 0.2) is 36.4 Å². The molecule has 1 saturated heterocycles. The number of anilines is 1. The Kier molecular flexibility index (Phi) is 6.49. The van der Waals surface area contributed by atoms with Gasteiger partial charge in [0.25, 0.3) is 5.92 Å². The third-order valence-corrected chi connectivity index (χ3v) is 5.59. The molecule has 0 saturated carbocycles. The molecular formula is C22H28F2N4S. The first-order valence-electron chi connectivity index (χ1n) is 9.84. The van der Waals surface area contributed by atoms with Crippen molar-refractivity contribution in [2.45, 2.75) is 46.2 Å². The summed E-state index contributed by atoms with van der Waals surface area (Å²) in [4.78, 5) is 9.01. The maximum absolute atomic E-state index is 13.4. The lowest BCUT2D eigenvalue weighted by Gasteiger charge is -2.41. The lowest BCUT2D eigenvalue weighted by Crippen LogP contribution is -2.54. The van der Waals surface area contributed by atoms with Gasteiger partial charge in [0.1, 0.15) is 5.82 Å². The summed E-state index contributed by atoms with van der Waals surface area (Å²) < 4.78 is 26.8. The highest BCUT2D eigenvalue weighted by molar-refractivity contribution is 7.80. The topological polar surface area (TPSA) is 31.4 Å². The maximum atomic E-state index is 13.4. The molecule has 3 rings (SSSR count). The Bertz CT molecular complexity index is 844. The normalized spacial score (nSPS) is 18.0. The smallest absolute Gasteiger partial charge is 0.270 e. The summed E-state index contributed by atoms with van der Waals surface area (Å²) in [5.41, 5.74) is 3.20. The van der Waals surface area contributed by atoms with Crippen LogP contribution in [0, 0.1) is 13.8 Å². The van der Waals surface area contributed by atoms with Crippen LogP contribution in [0.3, 0.4) is 0 Å². The number of alkyl halides is 2. The van der Waals surface area contributed by atoms with E-state index in [-0.39, 0.29) is 5.56 Å². The zero-order chi connectivity index (χ0) is 21.2. The number of rotatable bonds is 4. The van der Waals surface area contributed by atoms with Crippen molar-refractivity contribution in [3.63, 3.8) is 0 Å². The average Bonchev–Trinajstić information content (AvgIpc) is 2.62. The van der Waals surface area contributed by atoms with Gasteiger partial charge in [-0.05, 0) is 56.2 Å². The van der Waals surface area contributed by atoms with E-state index >= 15 is 0 Å². The Labute approximate surface area is 176 Å². The standard InChI is InChI=1S/C22H28F2N4S/c1-15-11-16(2)25-20(12-15)26-21(29)28-10-9-27(17(3)13-28)14-18-5-7-19(8-6-18)22(4,23)24/h5-8,11-12,17H,9-10,13-14H2,1-4H3,(H,25,26,29). The molecule has 0 aliphatic carbocycles. The van der Waals surface area contributed by atoms with Crippen LogP contribution in [0.25, 0.3) is 0 Å². The quantitative estimate of drug-likeness (QED) is 0.727. The summed E-state index contributed by atoms with van der Waals surface area (Å²) in [7, 11) is 0. The fourth-order valence-electron chi connectivity index (χ4n) is 3.65. The number of aromatic nitrogens is 1. The molecule has 0 amide bonds. The van der Waals surface area contributed by atoms with Gasteiger partial charge in [0, 0.05) is 50.4 Å². The van der Waals surface area contributed by atoms with Crippen molar-refractivity contribution in [1.82, 2.24) is 14.8 Å². The summed E-state index contributed by atoms with van der Waals surface area (Å²) in [6.45, 7) is 10.3. The summed E-state index contributed by atoms with van der Waals surface area (Å²) in [5.74, 6) is -2.03. The van der Waals surface area contributed by atoms with Crippen LogP contribution in [0.2, 0.25) is 0 Å². The van der Waals surface area contributed by atoms with Crippen molar-refractivity contribution in [2.75, 3.05) is 25.0 Å². The lowest BCUT2D eigenvalue weighted by atomic mass is 10.1. The second-order valence-electron chi connectivity index (χ2n) is 7.95. The highest BCUT2D eigenvalue weighted by Gasteiger charge is 2.26. The van der Waals surface area contributed by atoms with Gasteiger partial charge in [0.05, 0.1) is 0 Å². The molecule has 1 aromatic heterocycles. The minimum absolute atomic E-state index is 0.0514. The molecule has 1 unspecified atom stereocenters. The van der Waals surface area contributed by atoms with Gasteiger partial charge in [0.15, 0.2) is 5.11 Å². The Hall–Kier alpha value is -2.12. The highest BCUT2D eigenvalue weighted by atomic mass is 32.1. The van der Waals surface area contributed by atoms with Crippen LogP contribution in [0.4, 0.5) is 14.6 Å². The van der Waals surface area contributed by atoms with Crippen molar-refractivity contribution >= 4 is 23.1 Å². The number of benzene rings is 1. The zero-order valence-corrected chi connectivity index (χ0v) is 18.2. The van der Waals surface area contributed by atoms with Crippen molar-refractivity contribution in [1.29, 1.82) is 0 Å². The lowest BCUT2D eigenvalue weighted by molar-refractivity contribution is 0.0174. The molecule has 4 nitrogen and oxygen atoms in total. The number of pyridine rings is 1. The fourth-order valence-corrected chi connectivity index (χ4v) is 3.92. The molecule has 1 aliphatic heterocycles. The van der Waals surface area contributed by atoms with E-state index in [1.807, 2.05) is 26.0 Å². The predicted molar refractivity (Wildman–Crippen MR) is 117 cm³/mol. The van der Waals surface area contributed by atoms with E-state index < -0.39 is 5.92 Å². The molecule has 0 bridgehead atoms. The van der Waals surface area contributed by atoms with Crippen LogP contribution in [-0.4, -0.2) is 45.6 Å². The van der Waals surface area contributed by atoms with Crippen LogP contribution >= 0.6 is 12.2 Å². The van der Waals surface area contributed by atoms with Gasteiger partial charge in [0.2, 0.25) is 0 Å². The molecule has 1 atom stereocenters. The maximum Gasteiger partial charge on any atom is 0.270 e. The molecule has 0 spiro atoms. The van der Waals surface area contributed by atoms with E-state index in [1.165, 1.54) is 12.1 Å². The van der Waals surface area contributed by atoms with Gasteiger partial charge in [-0.2, -0.15) is 0 Å². The number of nitrogens with zero attached hydrogens (tertiary/aromatic N) is 3. The number of nitrogens with one attached hydrogen (secondary N) is 1. The largest absolute Gasteiger partial charge is 0.346 e. The van der Waals surface area contributed by atoms with E-state index in [9.17, 15) is 8.78 Å². The molecule has 156 valence electrons. The van der Waals surface area contributed by atoms with E-state index in [4.69, 9.17) is 12.2 Å². The number of aryl methyl sites for hydroxylation is 2. The van der Waals surface area contributed by atoms with Crippen LogP contribution in [0.5, 0.6) is 0 Å². The molecule has 1 fully saturated rings. The Morgan fingerprint density at radius 2 is 1.90 bits per heavy atom.